The molecule has 32 heavy (non-hydrogen) atoms. The predicted molar refractivity (Wildman–Crippen MR) is 126 cm³/mol. The molecule has 6 heteroatoms. The van der Waals surface area contributed by atoms with Crippen LogP contribution in [0.1, 0.15) is 60.2 Å². The Kier molecular flexibility index (Phi) is 6.58. The van der Waals surface area contributed by atoms with E-state index in [-0.39, 0.29) is 11.6 Å². The molecule has 1 aliphatic rings. The highest BCUT2D eigenvalue weighted by molar-refractivity contribution is 5.53. The van der Waals surface area contributed by atoms with E-state index in [2.05, 4.69) is 55.6 Å². The summed E-state index contributed by atoms with van der Waals surface area (Å²) in [5.41, 5.74) is 6.65. The lowest BCUT2D eigenvalue weighted by Crippen LogP contribution is -2.99. The summed E-state index contributed by atoms with van der Waals surface area (Å²) < 4.78 is 1.78. The summed E-state index contributed by atoms with van der Waals surface area (Å²) in [7, 11) is 0. The molecule has 3 aromatic rings. The van der Waals surface area contributed by atoms with E-state index in [0.29, 0.717) is 17.6 Å². The molecule has 0 aliphatic heterocycles. The van der Waals surface area contributed by atoms with Crippen molar-refractivity contribution in [2.75, 3.05) is 0 Å². The summed E-state index contributed by atoms with van der Waals surface area (Å²) in [5, 5.41) is 28.7. The van der Waals surface area contributed by atoms with Crippen molar-refractivity contribution in [2.45, 2.75) is 58.5 Å². The summed E-state index contributed by atoms with van der Waals surface area (Å²) >= 11 is 0. The molecule has 1 aromatic heterocycles. The number of allylic oxidation sites excluding steroid dienone is 1. The van der Waals surface area contributed by atoms with Crippen LogP contribution in [-0.4, -0.2) is 21.0 Å². The van der Waals surface area contributed by atoms with E-state index in [1.165, 1.54) is 16.7 Å². The van der Waals surface area contributed by atoms with E-state index in [4.69, 9.17) is 5.10 Å². The standard InChI is InChI=1S/C26H32N4O2/c1-17(2)21-11-9-20(10-12-21)16-27-23-14-13-22(15-23)26-18(3)28-29(19(26)4)24-7-5-6-8-25(24)30(31)32/h5-14,17,22-23,27,30-31H,15-16H2,1-4H3. The fraction of sp³-hybridized carbons (Fsp3) is 0.346. The second kappa shape index (κ2) is 9.38. The first-order chi connectivity index (χ1) is 15.3. The molecule has 0 saturated heterocycles. The molecule has 0 saturated carbocycles. The van der Waals surface area contributed by atoms with Crippen LogP contribution in [0.4, 0.5) is 5.69 Å². The largest absolute Gasteiger partial charge is 0.595 e. The number of para-hydroxylation sites is 2. The number of aromatic nitrogens is 2. The molecular formula is C26H32N4O2. The first-order valence-corrected chi connectivity index (χ1v) is 11.2. The minimum atomic E-state index is -0.943. The monoisotopic (exact) mass is 432 g/mol. The highest BCUT2D eigenvalue weighted by atomic mass is 16.8. The van der Waals surface area contributed by atoms with Crippen molar-refractivity contribution in [3.63, 3.8) is 0 Å². The molecule has 4 rings (SSSR count). The summed E-state index contributed by atoms with van der Waals surface area (Å²) in [4.78, 5) is 0. The Morgan fingerprint density at radius 2 is 1.84 bits per heavy atom. The highest BCUT2D eigenvalue weighted by Crippen LogP contribution is 2.34. The summed E-state index contributed by atoms with van der Waals surface area (Å²) in [5.74, 6) is 0.812. The van der Waals surface area contributed by atoms with Gasteiger partial charge in [-0.15, -0.1) is 0 Å². The smallest absolute Gasteiger partial charge is 0.189 e. The third-order valence-electron chi connectivity index (χ3n) is 6.38. The number of hydrogen-bond acceptors (Lipinski definition) is 4. The van der Waals surface area contributed by atoms with Crippen molar-refractivity contribution in [1.29, 1.82) is 0 Å². The van der Waals surface area contributed by atoms with Gasteiger partial charge in [0.1, 0.15) is 5.69 Å². The zero-order valence-electron chi connectivity index (χ0n) is 19.2. The second-order valence-electron chi connectivity index (χ2n) is 8.93. The Hall–Kier alpha value is -2.77. The summed E-state index contributed by atoms with van der Waals surface area (Å²) in [6.45, 7) is 9.29. The van der Waals surface area contributed by atoms with E-state index in [1.807, 2.05) is 26.0 Å². The Morgan fingerprint density at radius 1 is 1.12 bits per heavy atom. The fourth-order valence-electron chi connectivity index (χ4n) is 4.60. The van der Waals surface area contributed by atoms with Crippen molar-refractivity contribution in [1.82, 2.24) is 15.1 Å². The number of quaternary nitrogens is 1. The van der Waals surface area contributed by atoms with Gasteiger partial charge in [0.2, 0.25) is 0 Å². The molecule has 0 bridgehead atoms. The van der Waals surface area contributed by atoms with Crippen molar-refractivity contribution in [3.05, 3.63) is 94.0 Å². The molecule has 0 amide bonds. The van der Waals surface area contributed by atoms with Crippen LogP contribution in [0.3, 0.4) is 0 Å². The third-order valence-corrected chi connectivity index (χ3v) is 6.38. The van der Waals surface area contributed by atoms with Crippen molar-refractivity contribution in [3.8, 4) is 5.69 Å². The predicted octanol–water partition coefficient (Wildman–Crippen LogP) is 4.22. The first-order valence-electron chi connectivity index (χ1n) is 11.2. The molecule has 3 unspecified atom stereocenters. The molecule has 1 heterocycles. The summed E-state index contributed by atoms with van der Waals surface area (Å²) in [6.07, 6.45) is 5.47. The van der Waals surface area contributed by atoms with Gasteiger partial charge in [-0.25, -0.2) is 9.89 Å². The SMILES string of the molecule is Cc1nn(-c2ccccc2[NH+]([O-])O)c(C)c1C1C=CC(NCc2ccc(C(C)C)cc2)C1. The van der Waals surface area contributed by atoms with E-state index >= 15 is 0 Å². The Morgan fingerprint density at radius 3 is 2.53 bits per heavy atom. The quantitative estimate of drug-likeness (QED) is 0.386. The molecule has 2 aromatic carbocycles. The van der Waals surface area contributed by atoms with Crippen LogP contribution in [-0.2, 0) is 6.54 Å². The van der Waals surface area contributed by atoms with Gasteiger partial charge in [-0.1, -0.05) is 62.4 Å². The lowest BCUT2D eigenvalue weighted by Gasteiger charge is -2.17. The zero-order valence-corrected chi connectivity index (χ0v) is 19.2. The fourth-order valence-corrected chi connectivity index (χ4v) is 4.60. The molecule has 0 spiro atoms. The Labute approximate surface area is 189 Å². The van der Waals surface area contributed by atoms with Gasteiger partial charge < -0.3 is 10.5 Å². The Balaban J connectivity index is 1.46. The lowest BCUT2D eigenvalue weighted by atomic mass is 9.95. The first kappa shape index (κ1) is 22.4. The number of nitrogens with one attached hydrogen (secondary N) is 2. The Bertz CT molecular complexity index is 1100. The van der Waals surface area contributed by atoms with Gasteiger partial charge in [0.25, 0.3) is 0 Å². The van der Waals surface area contributed by atoms with Crippen molar-refractivity contribution in [2.24, 2.45) is 0 Å². The van der Waals surface area contributed by atoms with Crippen LogP contribution in [0.15, 0.2) is 60.7 Å². The normalized spacial score (nSPS) is 19.1. The van der Waals surface area contributed by atoms with Crippen LogP contribution in [0.2, 0.25) is 0 Å². The average Bonchev–Trinajstić information content (AvgIpc) is 3.35. The minimum absolute atomic E-state index is 0.259. The second-order valence-corrected chi connectivity index (χ2v) is 8.93. The number of rotatable bonds is 7. The van der Waals surface area contributed by atoms with E-state index < -0.39 is 5.23 Å². The maximum absolute atomic E-state index is 11.7. The molecule has 168 valence electrons. The number of nitrogens with zero attached hydrogens (tertiary/aromatic N) is 2. The van der Waals surface area contributed by atoms with Crippen LogP contribution in [0, 0.1) is 19.1 Å². The highest BCUT2D eigenvalue weighted by Gasteiger charge is 2.27. The minimum Gasteiger partial charge on any atom is -0.595 e. The van der Waals surface area contributed by atoms with Gasteiger partial charge in [-0.2, -0.15) is 10.3 Å². The maximum Gasteiger partial charge on any atom is 0.189 e. The number of hydrogen-bond donors (Lipinski definition) is 3. The molecule has 1 aliphatic carbocycles. The van der Waals surface area contributed by atoms with Gasteiger partial charge in [-0.3, -0.25) is 0 Å². The molecule has 3 atom stereocenters. The van der Waals surface area contributed by atoms with Crippen LogP contribution in [0.5, 0.6) is 0 Å². The van der Waals surface area contributed by atoms with E-state index in [1.54, 1.807) is 16.8 Å². The van der Waals surface area contributed by atoms with Gasteiger partial charge >= 0.3 is 0 Å². The topological polar surface area (TPSA) is 77.6 Å². The molecule has 0 radical (unpaired) electrons. The van der Waals surface area contributed by atoms with E-state index in [0.717, 1.165) is 24.4 Å². The maximum atomic E-state index is 11.7. The van der Waals surface area contributed by atoms with Gasteiger partial charge in [-0.05, 0) is 43.4 Å². The van der Waals surface area contributed by atoms with Gasteiger partial charge in [0.15, 0.2) is 5.69 Å². The number of benzene rings is 2. The third kappa shape index (κ3) is 4.54. The number of aryl methyl sites for hydroxylation is 1. The summed E-state index contributed by atoms with van der Waals surface area (Å²) in [6, 6.07) is 16.2. The van der Waals surface area contributed by atoms with Crippen LogP contribution in [0.25, 0.3) is 5.69 Å². The molecular weight excluding hydrogens is 400 g/mol. The van der Waals surface area contributed by atoms with E-state index in [9.17, 15) is 10.4 Å². The van der Waals surface area contributed by atoms with Crippen LogP contribution >= 0.6 is 0 Å². The van der Waals surface area contributed by atoms with Crippen molar-refractivity contribution >= 4 is 5.69 Å². The molecule has 6 nitrogen and oxygen atoms in total. The zero-order chi connectivity index (χ0) is 22.8. The van der Waals surface area contributed by atoms with Gasteiger partial charge in [0, 0.05) is 35.8 Å². The van der Waals surface area contributed by atoms with Crippen molar-refractivity contribution < 1.29 is 10.4 Å². The lowest BCUT2D eigenvalue weighted by molar-refractivity contribution is -0.991. The average molecular weight is 433 g/mol. The van der Waals surface area contributed by atoms with Gasteiger partial charge in [0.05, 0.1) is 5.69 Å². The molecule has 3 N–H and O–H groups in total. The molecule has 0 fully saturated rings. The van der Waals surface area contributed by atoms with Crippen LogP contribution < -0.4 is 10.5 Å².